The van der Waals surface area contributed by atoms with Crippen LogP contribution in [0.2, 0.25) is 0 Å². The number of rotatable bonds is 7. The lowest BCUT2D eigenvalue weighted by Gasteiger charge is -2.37. The van der Waals surface area contributed by atoms with Crippen LogP contribution in [0.4, 0.5) is 0 Å². The van der Waals surface area contributed by atoms with E-state index >= 15 is 0 Å². The first-order chi connectivity index (χ1) is 8.02. The number of carboxylic acids is 1. The summed E-state index contributed by atoms with van der Waals surface area (Å²) in [6, 6.07) is 0. The van der Waals surface area contributed by atoms with E-state index in [4.69, 9.17) is 10.8 Å². The number of amides is 1. The van der Waals surface area contributed by atoms with Crippen molar-refractivity contribution in [2.24, 2.45) is 17.1 Å². The van der Waals surface area contributed by atoms with Crippen molar-refractivity contribution >= 4 is 11.9 Å². The molecule has 0 radical (unpaired) electrons. The normalized spacial score (nSPS) is 14.1. The molecule has 0 bridgehead atoms. The van der Waals surface area contributed by atoms with E-state index in [-0.39, 0.29) is 18.2 Å². The molecule has 0 saturated heterocycles. The topological polar surface area (TPSA) is 92.4 Å². The molecule has 18 heavy (non-hydrogen) atoms. The van der Waals surface area contributed by atoms with Crippen molar-refractivity contribution in [1.82, 2.24) is 5.32 Å². The summed E-state index contributed by atoms with van der Waals surface area (Å²) in [6.07, 6.45) is 0.794. The molecule has 5 nitrogen and oxygen atoms in total. The highest BCUT2D eigenvalue weighted by molar-refractivity contribution is 5.83. The van der Waals surface area contributed by atoms with E-state index in [2.05, 4.69) is 5.32 Å². The maximum absolute atomic E-state index is 12.1. The van der Waals surface area contributed by atoms with Gasteiger partial charge in [0.25, 0.3) is 0 Å². The Bertz CT molecular complexity index is 306. The smallest absolute Gasteiger partial charge is 0.303 e. The molecule has 0 aliphatic carbocycles. The Labute approximate surface area is 109 Å². The van der Waals surface area contributed by atoms with Gasteiger partial charge in [-0.15, -0.1) is 0 Å². The van der Waals surface area contributed by atoms with Crippen LogP contribution in [0.5, 0.6) is 0 Å². The molecular formula is C13H26N2O3. The van der Waals surface area contributed by atoms with Crippen molar-refractivity contribution in [3.63, 3.8) is 0 Å². The SMILES string of the molecule is CCC(CNC(=O)C(C)(C)C(C)(C)N)CC(=O)O. The first-order valence-electron chi connectivity index (χ1n) is 6.31. The summed E-state index contributed by atoms with van der Waals surface area (Å²) in [5, 5.41) is 11.5. The molecule has 0 aromatic rings. The van der Waals surface area contributed by atoms with E-state index in [9.17, 15) is 9.59 Å². The van der Waals surface area contributed by atoms with E-state index < -0.39 is 16.9 Å². The number of aliphatic carboxylic acids is 1. The Morgan fingerprint density at radius 2 is 1.78 bits per heavy atom. The highest BCUT2D eigenvalue weighted by atomic mass is 16.4. The number of nitrogens with two attached hydrogens (primary N) is 1. The Hall–Kier alpha value is -1.10. The molecule has 0 heterocycles. The van der Waals surface area contributed by atoms with Crippen molar-refractivity contribution in [3.05, 3.63) is 0 Å². The summed E-state index contributed by atoms with van der Waals surface area (Å²) in [6.45, 7) is 9.49. The van der Waals surface area contributed by atoms with Crippen LogP contribution in [0.15, 0.2) is 0 Å². The van der Waals surface area contributed by atoms with Crippen molar-refractivity contribution in [2.75, 3.05) is 6.54 Å². The molecule has 0 spiro atoms. The molecule has 106 valence electrons. The van der Waals surface area contributed by atoms with Crippen molar-refractivity contribution in [3.8, 4) is 0 Å². The average Bonchev–Trinajstić information content (AvgIpc) is 2.21. The largest absolute Gasteiger partial charge is 0.481 e. The third kappa shape index (κ3) is 4.64. The highest BCUT2D eigenvalue weighted by Gasteiger charge is 2.40. The molecule has 0 aliphatic rings. The summed E-state index contributed by atoms with van der Waals surface area (Å²) in [7, 11) is 0. The average molecular weight is 258 g/mol. The second-order valence-electron chi connectivity index (χ2n) is 5.93. The van der Waals surface area contributed by atoms with Crippen LogP contribution in [0.3, 0.4) is 0 Å². The Morgan fingerprint density at radius 3 is 2.11 bits per heavy atom. The third-order valence-electron chi connectivity index (χ3n) is 3.77. The Morgan fingerprint density at radius 1 is 1.28 bits per heavy atom. The first kappa shape index (κ1) is 16.9. The van der Waals surface area contributed by atoms with Crippen LogP contribution >= 0.6 is 0 Å². The standard InChI is InChI=1S/C13H26N2O3/c1-6-9(7-10(16)17)8-15-11(18)12(2,3)13(4,5)14/h9H,6-8,14H2,1-5H3,(H,15,18)(H,16,17). The maximum Gasteiger partial charge on any atom is 0.303 e. The number of carbonyl (C=O) groups excluding carboxylic acids is 1. The molecule has 1 unspecified atom stereocenters. The monoisotopic (exact) mass is 258 g/mol. The van der Waals surface area contributed by atoms with Crippen LogP contribution in [0.1, 0.15) is 47.5 Å². The zero-order valence-electron chi connectivity index (χ0n) is 12.0. The van der Waals surface area contributed by atoms with Gasteiger partial charge in [0.15, 0.2) is 0 Å². The van der Waals surface area contributed by atoms with Gasteiger partial charge in [0.2, 0.25) is 5.91 Å². The second kappa shape index (κ2) is 6.18. The van der Waals surface area contributed by atoms with Gasteiger partial charge in [-0.25, -0.2) is 0 Å². The van der Waals surface area contributed by atoms with Gasteiger partial charge in [0, 0.05) is 18.5 Å². The molecule has 0 aromatic heterocycles. The lowest BCUT2D eigenvalue weighted by Crippen LogP contribution is -2.56. The number of carbonyl (C=O) groups is 2. The summed E-state index contributed by atoms with van der Waals surface area (Å²) in [5.74, 6) is -1.02. The molecule has 1 amide bonds. The van der Waals surface area contributed by atoms with Gasteiger partial charge in [-0.1, -0.05) is 13.3 Å². The van der Waals surface area contributed by atoms with E-state index in [0.29, 0.717) is 6.54 Å². The maximum atomic E-state index is 12.1. The minimum atomic E-state index is -0.838. The fourth-order valence-electron chi connectivity index (χ4n) is 1.36. The highest BCUT2D eigenvalue weighted by Crippen LogP contribution is 2.28. The van der Waals surface area contributed by atoms with Crippen LogP contribution < -0.4 is 11.1 Å². The minimum Gasteiger partial charge on any atom is -0.481 e. The lowest BCUT2D eigenvalue weighted by molar-refractivity contribution is -0.139. The lowest BCUT2D eigenvalue weighted by atomic mass is 9.74. The summed E-state index contributed by atoms with van der Waals surface area (Å²) >= 11 is 0. The van der Waals surface area contributed by atoms with E-state index in [0.717, 1.165) is 6.42 Å². The molecular weight excluding hydrogens is 232 g/mol. The predicted octanol–water partition coefficient (Wildman–Crippen LogP) is 1.37. The summed E-state index contributed by atoms with van der Waals surface area (Å²) in [5.41, 5.74) is 4.65. The van der Waals surface area contributed by atoms with Gasteiger partial charge in [-0.05, 0) is 33.6 Å². The molecule has 0 aromatic carbocycles. The predicted molar refractivity (Wildman–Crippen MR) is 71.1 cm³/mol. The zero-order valence-corrected chi connectivity index (χ0v) is 12.0. The van der Waals surface area contributed by atoms with Crippen molar-refractivity contribution in [2.45, 2.75) is 53.0 Å². The minimum absolute atomic E-state index is 0.0388. The number of hydrogen-bond acceptors (Lipinski definition) is 3. The van der Waals surface area contributed by atoms with Crippen molar-refractivity contribution < 1.29 is 14.7 Å². The third-order valence-corrected chi connectivity index (χ3v) is 3.77. The molecule has 0 saturated carbocycles. The second-order valence-corrected chi connectivity index (χ2v) is 5.93. The first-order valence-corrected chi connectivity index (χ1v) is 6.31. The zero-order chi connectivity index (χ0) is 14.6. The number of hydrogen-bond donors (Lipinski definition) is 3. The fourth-order valence-corrected chi connectivity index (χ4v) is 1.36. The number of nitrogens with one attached hydrogen (secondary N) is 1. The quantitative estimate of drug-likeness (QED) is 0.643. The van der Waals surface area contributed by atoms with Gasteiger partial charge in [-0.2, -0.15) is 0 Å². The van der Waals surface area contributed by atoms with E-state index in [1.165, 1.54) is 0 Å². The Balaban J connectivity index is 4.45. The molecule has 0 rings (SSSR count). The Kier molecular flexibility index (Phi) is 5.80. The molecule has 0 fully saturated rings. The van der Waals surface area contributed by atoms with Gasteiger partial charge in [-0.3, -0.25) is 9.59 Å². The summed E-state index contributed by atoms with van der Waals surface area (Å²) < 4.78 is 0. The van der Waals surface area contributed by atoms with Gasteiger partial charge in [0.05, 0.1) is 5.41 Å². The van der Waals surface area contributed by atoms with E-state index in [1.54, 1.807) is 27.7 Å². The van der Waals surface area contributed by atoms with Crippen LogP contribution in [0, 0.1) is 11.3 Å². The molecule has 4 N–H and O–H groups in total. The molecule has 1 atom stereocenters. The van der Waals surface area contributed by atoms with Crippen LogP contribution in [-0.4, -0.2) is 29.1 Å². The van der Waals surface area contributed by atoms with Crippen molar-refractivity contribution in [1.29, 1.82) is 0 Å². The van der Waals surface area contributed by atoms with Crippen LogP contribution in [0.25, 0.3) is 0 Å². The number of carboxylic acid groups (broad SMARTS) is 1. The summed E-state index contributed by atoms with van der Waals surface area (Å²) in [4.78, 5) is 22.7. The molecule has 5 heteroatoms. The van der Waals surface area contributed by atoms with Gasteiger partial charge >= 0.3 is 5.97 Å². The fraction of sp³-hybridized carbons (Fsp3) is 0.846. The van der Waals surface area contributed by atoms with Gasteiger partial charge in [0.1, 0.15) is 0 Å². The molecule has 0 aliphatic heterocycles. The van der Waals surface area contributed by atoms with E-state index in [1.807, 2.05) is 6.92 Å². The van der Waals surface area contributed by atoms with Gasteiger partial charge < -0.3 is 16.2 Å². The van der Waals surface area contributed by atoms with Crippen LogP contribution in [-0.2, 0) is 9.59 Å².